The first-order chi connectivity index (χ1) is 9.51. The molecule has 0 aromatic heterocycles. The Morgan fingerprint density at radius 3 is 2.10 bits per heavy atom. The van der Waals surface area contributed by atoms with Gasteiger partial charge in [0.1, 0.15) is 5.82 Å². The molecular formula is C15H11F3O2. The molecule has 0 aliphatic heterocycles. The fourth-order valence-corrected chi connectivity index (χ4v) is 1.77. The topological polar surface area (TPSA) is 26.3 Å². The van der Waals surface area contributed by atoms with Crippen LogP contribution < -0.4 is 0 Å². The standard InChI is InChI=1S/C15H11F3O2/c1-20-15(19)8-11-3-2-9(6-13(11)17)10-4-5-12(16)14(18)7-10/h2-7H,8H2,1H3. The molecule has 0 aliphatic carbocycles. The Labute approximate surface area is 113 Å². The molecule has 104 valence electrons. The van der Waals surface area contributed by atoms with Crippen molar-refractivity contribution in [3.05, 3.63) is 59.4 Å². The Kier molecular flexibility index (Phi) is 4.08. The van der Waals surface area contributed by atoms with E-state index in [0.717, 1.165) is 12.1 Å². The molecule has 0 saturated carbocycles. The normalized spacial score (nSPS) is 10.4. The second kappa shape index (κ2) is 5.77. The Bertz CT molecular complexity index is 654. The molecule has 0 unspecified atom stereocenters. The van der Waals surface area contributed by atoms with Gasteiger partial charge in [0.05, 0.1) is 13.5 Å². The van der Waals surface area contributed by atoms with Gasteiger partial charge in [-0.05, 0) is 34.9 Å². The van der Waals surface area contributed by atoms with Crippen LogP contribution in [0.4, 0.5) is 13.2 Å². The number of benzene rings is 2. The van der Waals surface area contributed by atoms with Gasteiger partial charge in [0, 0.05) is 0 Å². The molecule has 0 heterocycles. The van der Waals surface area contributed by atoms with Crippen LogP contribution in [0.5, 0.6) is 0 Å². The summed E-state index contributed by atoms with van der Waals surface area (Å²) in [5, 5.41) is 0. The SMILES string of the molecule is COC(=O)Cc1ccc(-c2ccc(F)c(F)c2)cc1F. The van der Waals surface area contributed by atoms with Crippen molar-refractivity contribution in [3.8, 4) is 11.1 Å². The van der Waals surface area contributed by atoms with Crippen LogP contribution in [0.25, 0.3) is 11.1 Å². The van der Waals surface area contributed by atoms with Gasteiger partial charge in [-0.2, -0.15) is 0 Å². The highest BCUT2D eigenvalue weighted by atomic mass is 19.2. The molecule has 0 atom stereocenters. The van der Waals surface area contributed by atoms with Gasteiger partial charge in [0.25, 0.3) is 0 Å². The second-order valence-electron chi connectivity index (χ2n) is 4.19. The number of hydrogen-bond donors (Lipinski definition) is 0. The Morgan fingerprint density at radius 2 is 1.55 bits per heavy atom. The molecule has 0 aliphatic rings. The van der Waals surface area contributed by atoms with E-state index in [0.29, 0.717) is 11.1 Å². The smallest absolute Gasteiger partial charge is 0.310 e. The van der Waals surface area contributed by atoms with E-state index in [4.69, 9.17) is 0 Å². The van der Waals surface area contributed by atoms with Gasteiger partial charge < -0.3 is 4.74 Å². The fraction of sp³-hybridized carbons (Fsp3) is 0.133. The quantitative estimate of drug-likeness (QED) is 0.804. The van der Waals surface area contributed by atoms with Gasteiger partial charge in [-0.25, -0.2) is 13.2 Å². The lowest BCUT2D eigenvalue weighted by atomic mass is 10.0. The molecule has 20 heavy (non-hydrogen) atoms. The van der Waals surface area contributed by atoms with Gasteiger partial charge >= 0.3 is 5.97 Å². The van der Waals surface area contributed by atoms with Crippen LogP contribution in [0.2, 0.25) is 0 Å². The highest BCUT2D eigenvalue weighted by Gasteiger charge is 2.11. The van der Waals surface area contributed by atoms with Gasteiger partial charge in [-0.3, -0.25) is 4.79 Å². The van der Waals surface area contributed by atoms with Gasteiger partial charge in [0.2, 0.25) is 0 Å². The van der Waals surface area contributed by atoms with Crippen molar-refractivity contribution in [2.45, 2.75) is 6.42 Å². The molecule has 0 saturated heterocycles. The van der Waals surface area contributed by atoms with E-state index in [1.54, 1.807) is 0 Å². The molecule has 0 spiro atoms. The fourth-order valence-electron chi connectivity index (χ4n) is 1.77. The first-order valence-electron chi connectivity index (χ1n) is 5.82. The van der Waals surface area contributed by atoms with Crippen LogP contribution in [0, 0.1) is 17.5 Å². The third-order valence-electron chi connectivity index (χ3n) is 2.87. The Morgan fingerprint density at radius 1 is 0.950 bits per heavy atom. The van der Waals surface area contributed by atoms with Gasteiger partial charge in [-0.15, -0.1) is 0 Å². The lowest BCUT2D eigenvalue weighted by Gasteiger charge is -2.06. The second-order valence-corrected chi connectivity index (χ2v) is 4.19. The van der Waals surface area contributed by atoms with E-state index in [2.05, 4.69) is 4.74 Å². The van der Waals surface area contributed by atoms with Crippen LogP contribution >= 0.6 is 0 Å². The van der Waals surface area contributed by atoms with Crippen LogP contribution in [-0.4, -0.2) is 13.1 Å². The molecule has 2 nitrogen and oxygen atoms in total. The lowest BCUT2D eigenvalue weighted by Crippen LogP contribution is -2.06. The number of esters is 1. The van der Waals surface area contributed by atoms with E-state index in [1.165, 1.54) is 31.4 Å². The summed E-state index contributed by atoms with van der Waals surface area (Å²) in [6.07, 6.45) is -0.180. The Hall–Kier alpha value is -2.30. The number of ether oxygens (including phenoxy) is 1. The summed E-state index contributed by atoms with van der Waals surface area (Å²) in [7, 11) is 1.22. The predicted molar refractivity (Wildman–Crippen MR) is 67.5 cm³/mol. The highest BCUT2D eigenvalue weighted by Crippen LogP contribution is 2.24. The number of carbonyl (C=O) groups excluding carboxylic acids is 1. The number of methoxy groups -OCH3 is 1. The van der Waals surface area contributed by atoms with Crippen molar-refractivity contribution in [2.75, 3.05) is 7.11 Å². The number of hydrogen-bond acceptors (Lipinski definition) is 2. The maximum absolute atomic E-state index is 13.8. The Balaban J connectivity index is 2.32. The third-order valence-corrected chi connectivity index (χ3v) is 2.87. The van der Waals surface area contributed by atoms with Crippen molar-refractivity contribution in [3.63, 3.8) is 0 Å². The van der Waals surface area contributed by atoms with Crippen molar-refractivity contribution in [1.29, 1.82) is 0 Å². The lowest BCUT2D eigenvalue weighted by molar-refractivity contribution is -0.139. The highest BCUT2D eigenvalue weighted by molar-refractivity contribution is 5.73. The number of carbonyl (C=O) groups is 1. The summed E-state index contributed by atoms with van der Waals surface area (Å²) < 4.78 is 44.3. The van der Waals surface area contributed by atoms with Crippen molar-refractivity contribution in [2.24, 2.45) is 0 Å². The van der Waals surface area contributed by atoms with Crippen LogP contribution in [0.1, 0.15) is 5.56 Å². The van der Waals surface area contributed by atoms with Crippen molar-refractivity contribution < 1.29 is 22.7 Å². The first-order valence-corrected chi connectivity index (χ1v) is 5.82. The zero-order valence-corrected chi connectivity index (χ0v) is 10.6. The summed E-state index contributed by atoms with van der Waals surface area (Å²) in [6.45, 7) is 0. The summed E-state index contributed by atoms with van der Waals surface area (Å²) in [5.41, 5.74) is 0.936. The monoisotopic (exact) mass is 280 g/mol. The third kappa shape index (κ3) is 2.99. The van der Waals surface area contributed by atoms with E-state index in [9.17, 15) is 18.0 Å². The van der Waals surface area contributed by atoms with Crippen molar-refractivity contribution >= 4 is 5.97 Å². The van der Waals surface area contributed by atoms with Crippen LogP contribution in [0.3, 0.4) is 0 Å². The average molecular weight is 280 g/mol. The molecule has 0 fully saturated rings. The summed E-state index contributed by atoms with van der Waals surface area (Å²) >= 11 is 0. The average Bonchev–Trinajstić information content (AvgIpc) is 2.44. The van der Waals surface area contributed by atoms with Crippen molar-refractivity contribution in [1.82, 2.24) is 0 Å². The molecule has 2 aromatic carbocycles. The summed E-state index contributed by atoms with van der Waals surface area (Å²) in [5.74, 6) is -3.11. The zero-order valence-electron chi connectivity index (χ0n) is 10.6. The molecule has 0 N–H and O–H groups in total. The first kappa shape index (κ1) is 14.1. The molecular weight excluding hydrogens is 269 g/mol. The minimum absolute atomic E-state index is 0.180. The van der Waals surface area contributed by atoms with E-state index in [1.807, 2.05) is 0 Å². The molecule has 0 bridgehead atoms. The van der Waals surface area contributed by atoms with E-state index >= 15 is 0 Å². The maximum Gasteiger partial charge on any atom is 0.310 e. The number of rotatable bonds is 3. The molecule has 5 heteroatoms. The zero-order chi connectivity index (χ0) is 14.7. The van der Waals surface area contributed by atoms with Gasteiger partial charge in [-0.1, -0.05) is 18.2 Å². The largest absolute Gasteiger partial charge is 0.469 e. The number of halogens is 3. The molecule has 0 amide bonds. The molecule has 2 rings (SSSR count). The van der Waals surface area contributed by atoms with Crippen LogP contribution in [-0.2, 0) is 16.0 Å². The van der Waals surface area contributed by atoms with Gasteiger partial charge in [0.15, 0.2) is 11.6 Å². The summed E-state index contributed by atoms with van der Waals surface area (Å²) in [6, 6.07) is 7.45. The summed E-state index contributed by atoms with van der Waals surface area (Å²) in [4.78, 5) is 11.1. The molecule has 0 radical (unpaired) electrons. The minimum atomic E-state index is -0.999. The van der Waals surface area contributed by atoms with E-state index < -0.39 is 23.4 Å². The maximum atomic E-state index is 13.8. The van der Waals surface area contributed by atoms with E-state index in [-0.39, 0.29) is 12.0 Å². The minimum Gasteiger partial charge on any atom is -0.469 e. The predicted octanol–water partition coefficient (Wildman–Crippen LogP) is 3.49. The molecule has 2 aromatic rings. The van der Waals surface area contributed by atoms with Crippen LogP contribution in [0.15, 0.2) is 36.4 Å².